The lowest BCUT2D eigenvalue weighted by atomic mass is 10.1. The van der Waals surface area contributed by atoms with Gasteiger partial charge in [0.15, 0.2) is 0 Å². The Kier molecular flexibility index (Phi) is 7.23. The minimum Gasteiger partial charge on any atom is -0.489 e. The molecule has 2 saturated heterocycles. The number of carbonyl (C=O) groups excluding carboxylic acids is 3. The van der Waals surface area contributed by atoms with Crippen LogP contribution in [-0.4, -0.2) is 49.6 Å². The van der Waals surface area contributed by atoms with Crippen molar-refractivity contribution < 1.29 is 27.5 Å². The largest absolute Gasteiger partial charge is 0.489 e. The third-order valence-electron chi connectivity index (χ3n) is 5.95. The summed E-state index contributed by atoms with van der Waals surface area (Å²) in [6.45, 7) is 4.62. The number of hydrogen-bond acceptors (Lipinski definition) is 6. The van der Waals surface area contributed by atoms with Crippen LogP contribution in [0, 0.1) is 0 Å². The number of rotatable bonds is 7. The van der Waals surface area contributed by atoms with E-state index in [0.29, 0.717) is 24.5 Å². The first-order valence-corrected chi connectivity index (χ1v) is 13.2. The van der Waals surface area contributed by atoms with Gasteiger partial charge in [-0.05, 0) is 69.2 Å². The third-order valence-corrected chi connectivity index (χ3v) is 7.85. The summed E-state index contributed by atoms with van der Waals surface area (Å²) < 4.78 is 33.6. The summed E-state index contributed by atoms with van der Waals surface area (Å²) in [5.41, 5.74) is 0.941. The number of piperidine rings is 1. The van der Waals surface area contributed by atoms with Crippen LogP contribution in [0.2, 0.25) is 0 Å². The van der Waals surface area contributed by atoms with Crippen LogP contribution in [0.3, 0.4) is 0 Å². The molecule has 2 aliphatic rings. The second-order valence-corrected chi connectivity index (χ2v) is 10.9. The normalized spacial score (nSPS) is 17.2. The van der Waals surface area contributed by atoms with E-state index >= 15 is 0 Å². The van der Waals surface area contributed by atoms with Crippen molar-refractivity contribution in [2.75, 3.05) is 23.3 Å². The highest BCUT2D eigenvalue weighted by Gasteiger charge is 2.30. The van der Waals surface area contributed by atoms with Crippen LogP contribution in [0.1, 0.15) is 56.3 Å². The second-order valence-electron chi connectivity index (χ2n) is 8.91. The Morgan fingerprint density at radius 2 is 1.57 bits per heavy atom. The molecule has 3 amide bonds. The molecule has 0 radical (unpaired) electrons. The first kappa shape index (κ1) is 24.9. The lowest BCUT2D eigenvalue weighted by molar-refractivity contribution is -0.121. The lowest BCUT2D eigenvalue weighted by Gasteiger charge is -2.26. The maximum absolute atomic E-state index is 13.2. The number of anilines is 2. The molecule has 2 aliphatic heterocycles. The highest BCUT2D eigenvalue weighted by Crippen LogP contribution is 2.31. The second kappa shape index (κ2) is 10.2. The summed E-state index contributed by atoms with van der Waals surface area (Å²) in [6, 6.07) is 10.6. The Bertz CT molecular complexity index is 1220. The number of amides is 3. The van der Waals surface area contributed by atoms with Crippen molar-refractivity contribution >= 4 is 39.1 Å². The number of nitrogens with one attached hydrogen (secondary N) is 1. The minimum absolute atomic E-state index is 0.0900. The maximum atomic E-state index is 13.2. The van der Waals surface area contributed by atoms with E-state index in [-0.39, 0.29) is 46.9 Å². The molecule has 0 atom stereocenters. The topological polar surface area (TPSA) is 113 Å². The van der Waals surface area contributed by atoms with E-state index in [0.717, 1.165) is 24.2 Å². The van der Waals surface area contributed by atoms with Gasteiger partial charge >= 0.3 is 0 Å². The molecular formula is C25H29N3O6S. The van der Waals surface area contributed by atoms with Crippen LogP contribution in [0.15, 0.2) is 47.4 Å². The molecule has 0 spiro atoms. The van der Waals surface area contributed by atoms with Gasteiger partial charge in [-0.15, -0.1) is 0 Å². The van der Waals surface area contributed by atoms with E-state index < -0.39 is 15.9 Å². The molecule has 0 unspecified atom stereocenters. The van der Waals surface area contributed by atoms with Crippen molar-refractivity contribution in [2.24, 2.45) is 0 Å². The fourth-order valence-electron chi connectivity index (χ4n) is 4.20. The van der Waals surface area contributed by atoms with Crippen molar-refractivity contribution in [3.8, 4) is 5.75 Å². The van der Waals surface area contributed by atoms with Gasteiger partial charge in [-0.1, -0.05) is 6.42 Å². The molecule has 9 nitrogen and oxygen atoms in total. The molecule has 1 N–H and O–H groups in total. The predicted molar refractivity (Wildman–Crippen MR) is 131 cm³/mol. The molecule has 0 saturated carbocycles. The molecule has 0 aromatic heterocycles. The van der Waals surface area contributed by atoms with Gasteiger partial charge in [0.1, 0.15) is 5.75 Å². The summed E-state index contributed by atoms with van der Waals surface area (Å²) in [5.74, 6) is -0.656. The van der Waals surface area contributed by atoms with E-state index in [4.69, 9.17) is 4.74 Å². The molecule has 186 valence electrons. The summed E-state index contributed by atoms with van der Waals surface area (Å²) in [6.07, 6.45) is 2.81. The smallest absolute Gasteiger partial charge is 0.255 e. The van der Waals surface area contributed by atoms with E-state index in [1.165, 1.54) is 28.6 Å². The number of nitrogens with zero attached hydrogens (tertiary/aromatic N) is 2. The van der Waals surface area contributed by atoms with Crippen LogP contribution in [0.5, 0.6) is 5.75 Å². The number of sulfonamides is 1. The van der Waals surface area contributed by atoms with E-state index in [9.17, 15) is 22.8 Å². The van der Waals surface area contributed by atoms with Crippen LogP contribution in [0.25, 0.3) is 0 Å². The van der Waals surface area contributed by atoms with Crippen molar-refractivity contribution in [1.29, 1.82) is 0 Å². The summed E-state index contributed by atoms with van der Waals surface area (Å²) in [7, 11) is -3.70. The van der Waals surface area contributed by atoms with Crippen molar-refractivity contribution in [3.63, 3.8) is 0 Å². The highest BCUT2D eigenvalue weighted by atomic mass is 32.2. The van der Waals surface area contributed by atoms with E-state index in [1.807, 2.05) is 13.8 Å². The molecule has 4 rings (SSSR count). The number of carbonyl (C=O) groups is 3. The SMILES string of the molecule is CC(C)Oc1ccc(S(=O)(=O)N2CCCCC2)cc1NC(=O)c1ccc(N2C(=O)CCC2=O)cc1. The first-order valence-electron chi connectivity index (χ1n) is 11.7. The van der Waals surface area contributed by atoms with Gasteiger partial charge < -0.3 is 10.1 Å². The molecular weight excluding hydrogens is 470 g/mol. The van der Waals surface area contributed by atoms with Crippen LogP contribution < -0.4 is 15.0 Å². The van der Waals surface area contributed by atoms with Crippen molar-refractivity contribution in [3.05, 3.63) is 48.0 Å². The maximum Gasteiger partial charge on any atom is 0.255 e. The standard InChI is InChI=1S/C25H29N3O6S/c1-17(2)34-22-11-10-20(35(32,33)27-14-4-3-5-15-27)16-21(22)26-25(31)18-6-8-19(9-7-18)28-23(29)12-13-24(28)30/h6-11,16-17H,3-5,12-15H2,1-2H3,(H,26,31). The highest BCUT2D eigenvalue weighted by molar-refractivity contribution is 7.89. The van der Waals surface area contributed by atoms with Crippen molar-refractivity contribution in [2.45, 2.75) is 57.0 Å². The van der Waals surface area contributed by atoms with Gasteiger partial charge in [0.2, 0.25) is 21.8 Å². The fraction of sp³-hybridized carbons (Fsp3) is 0.400. The first-order chi connectivity index (χ1) is 16.7. The molecule has 2 aromatic rings. The lowest BCUT2D eigenvalue weighted by Crippen LogP contribution is -2.35. The van der Waals surface area contributed by atoms with Gasteiger partial charge in [0.25, 0.3) is 5.91 Å². The number of hydrogen-bond donors (Lipinski definition) is 1. The van der Waals surface area contributed by atoms with Crippen LogP contribution in [0.4, 0.5) is 11.4 Å². The predicted octanol–water partition coefficient (Wildman–Crippen LogP) is 3.55. The average molecular weight is 500 g/mol. The molecule has 2 aromatic carbocycles. The molecule has 0 bridgehead atoms. The Balaban J connectivity index is 1.59. The molecule has 2 fully saturated rings. The van der Waals surface area contributed by atoms with Gasteiger partial charge in [-0.25, -0.2) is 8.42 Å². The Hall–Kier alpha value is -3.24. The Labute approximate surface area is 205 Å². The number of ether oxygens (including phenoxy) is 1. The zero-order valence-electron chi connectivity index (χ0n) is 19.8. The molecule has 10 heteroatoms. The third kappa shape index (κ3) is 5.38. The molecule has 0 aliphatic carbocycles. The zero-order chi connectivity index (χ0) is 25.2. The monoisotopic (exact) mass is 499 g/mol. The fourth-order valence-corrected chi connectivity index (χ4v) is 5.74. The van der Waals surface area contributed by atoms with Gasteiger partial charge in [0, 0.05) is 31.5 Å². The average Bonchev–Trinajstić information content (AvgIpc) is 3.18. The molecule has 35 heavy (non-hydrogen) atoms. The van der Waals surface area contributed by atoms with E-state index in [2.05, 4.69) is 5.32 Å². The summed E-state index contributed by atoms with van der Waals surface area (Å²) in [4.78, 5) is 38.1. The van der Waals surface area contributed by atoms with Crippen molar-refractivity contribution in [1.82, 2.24) is 4.31 Å². The van der Waals surface area contributed by atoms with E-state index in [1.54, 1.807) is 18.2 Å². The summed E-state index contributed by atoms with van der Waals surface area (Å²) in [5, 5.41) is 2.76. The minimum atomic E-state index is -3.70. The molecule has 2 heterocycles. The van der Waals surface area contributed by atoms with Gasteiger partial charge in [0.05, 0.1) is 22.4 Å². The Morgan fingerprint density at radius 3 is 2.17 bits per heavy atom. The Morgan fingerprint density at radius 1 is 0.943 bits per heavy atom. The summed E-state index contributed by atoms with van der Waals surface area (Å²) >= 11 is 0. The number of benzene rings is 2. The zero-order valence-corrected chi connectivity index (χ0v) is 20.6. The number of imide groups is 1. The van der Waals surface area contributed by atoms with Gasteiger partial charge in [-0.3, -0.25) is 19.3 Å². The van der Waals surface area contributed by atoms with Crippen LogP contribution in [-0.2, 0) is 19.6 Å². The van der Waals surface area contributed by atoms with Gasteiger partial charge in [-0.2, -0.15) is 4.31 Å². The van der Waals surface area contributed by atoms with Crippen LogP contribution >= 0.6 is 0 Å². The quantitative estimate of drug-likeness (QED) is 0.583.